The fourth-order valence-electron chi connectivity index (χ4n) is 1.54. The lowest BCUT2D eigenvalue weighted by Crippen LogP contribution is -2.07. The van der Waals surface area contributed by atoms with Crippen LogP contribution in [0.4, 0.5) is 0 Å². The Kier molecular flexibility index (Phi) is 5.00. The van der Waals surface area contributed by atoms with Crippen molar-refractivity contribution in [1.29, 1.82) is 5.26 Å². The lowest BCUT2D eigenvalue weighted by atomic mass is 9.98. The first kappa shape index (κ1) is 12.7. The standard InChI is InChI=1S/C12H12BrNO2/c1-16-12(15)11-5-2-4-9(8-13)10(11)6-3-7-14/h2,4-5H,3,6,8H2,1H3. The second kappa shape index (κ2) is 6.29. The average Bonchev–Trinajstić information content (AvgIpc) is 2.34. The Hall–Kier alpha value is -1.34. The van der Waals surface area contributed by atoms with Crippen LogP contribution in [-0.4, -0.2) is 13.1 Å². The van der Waals surface area contributed by atoms with Gasteiger partial charge in [0.05, 0.1) is 18.7 Å². The third-order valence-corrected chi connectivity index (χ3v) is 2.91. The van der Waals surface area contributed by atoms with Crippen molar-refractivity contribution in [3.05, 3.63) is 34.9 Å². The molecule has 4 heteroatoms. The maximum absolute atomic E-state index is 11.5. The molecule has 0 aliphatic carbocycles. The van der Waals surface area contributed by atoms with E-state index in [0.29, 0.717) is 23.7 Å². The Morgan fingerprint density at radius 3 is 2.88 bits per heavy atom. The number of benzene rings is 1. The molecule has 0 aromatic heterocycles. The zero-order valence-electron chi connectivity index (χ0n) is 9.00. The number of nitriles is 1. The predicted molar refractivity (Wildman–Crippen MR) is 64.3 cm³/mol. The molecule has 0 N–H and O–H groups in total. The quantitative estimate of drug-likeness (QED) is 0.630. The SMILES string of the molecule is COC(=O)c1cccc(CBr)c1CCC#N. The highest BCUT2D eigenvalue weighted by atomic mass is 79.9. The molecule has 0 bridgehead atoms. The van der Waals surface area contributed by atoms with E-state index < -0.39 is 0 Å². The lowest BCUT2D eigenvalue weighted by molar-refractivity contribution is 0.0599. The first-order chi connectivity index (χ1) is 7.74. The van der Waals surface area contributed by atoms with E-state index in [1.807, 2.05) is 12.1 Å². The minimum Gasteiger partial charge on any atom is -0.465 e. The molecule has 0 aliphatic rings. The molecule has 0 spiro atoms. The van der Waals surface area contributed by atoms with Crippen molar-refractivity contribution in [2.75, 3.05) is 7.11 Å². The van der Waals surface area contributed by atoms with Crippen LogP contribution in [0.25, 0.3) is 0 Å². The van der Waals surface area contributed by atoms with E-state index in [1.54, 1.807) is 6.07 Å². The van der Waals surface area contributed by atoms with Gasteiger partial charge in [-0.1, -0.05) is 28.1 Å². The topological polar surface area (TPSA) is 50.1 Å². The number of nitrogens with zero attached hydrogens (tertiary/aromatic N) is 1. The van der Waals surface area contributed by atoms with Crippen molar-refractivity contribution in [1.82, 2.24) is 0 Å². The van der Waals surface area contributed by atoms with Crippen molar-refractivity contribution in [2.24, 2.45) is 0 Å². The monoisotopic (exact) mass is 281 g/mol. The molecular weight excluding hydrogens is 270 g/mol. The average molecular weight is 282 g/mol. The lowest BCUT2D eigenvalue weighted by Gasteiger charge is -2.10. The van der Waals surface area contributed by atoms with Gasteiger partial charge >= 0.3 is 5.97 Å². The highest BCUT2D eigenvalue weighted by Crippen LogP contribution is 2.20. The molecule has 84 valence electrons. The molecule has 0 saturated heterocycles. The Morgan fingerprint density at radius 2 is 2.31 bits per heavy atom. The molecule has 3 nitrogen and oxygen atoms in total. The number of halogens is 1. The maximum Gasteiger partial charge on any atom is 0.338 e. The highest BCUT2D eigenvalue weighted by Gasteiger charge is 2.14. The number of carbonyl (C=O) groups excluding carboxylic acids is 1. The van der Waals surface area contributed by atoms with Crippen LogP contribution in [-0.2, 0) is 16.5 Å². The van der Waals surface area contributed by atoms with Gasteiger partial charge in [0, 0.05) is 11.8 Å². The van der Waals surface area contributed by atoms with Crippen molar-refractivity contribution in [2.45, 2.75) is 18.2 Å². The van der Waals surface area contributed by atoms with Crippen molar-refractivity contribution >= 4 is 21.9 Å². The number of carbonyl (C=O) groups is 1. The minimum absolute atomic E-state index is 0.351. The van der Waals surface area contributed by atoms with Crippen LogP contribution in [0.5, 0.6) is 0 Å². The largest absolute Gasteiger partial charge is 0.465 e. The van der Waals surface area contributed by atoms with Gasteiger partial charge in [0.15, 0.2) is 0 Å². The van der Waals surface area contributed by atoms with Gasteiger partial charge in [-0.15, -0.1) is 0 Å². The Bertz CT molecular complexity index is 424. The third-order valence-electron chi connectivity index (χ3n) is 2.31. The molecule has 1 rings (SSSR count). The van der Waals surface area contributed by atoms with E-state index in [1.165, 1.54) is 7.11 Å². The number of rotatable bonds is 4. The van der Waals surface area contributed by atoms with Gasteiger partial charge in [-0.25, -0.2) is 4.79 Å². The van der Waals surface area contributed by atoms with Gasteiger partial charge < -0.3 is 4.74 Å². The summed E-state index contributed by atoms with van der Waals surface area (Å²) in [5, 5.41) is 9.27. The van der Waals surface area contributed by atoms with Gasteiger partial charge in [0.25, 0.3) is 0 Å². The molecule has 0 saturated carbocycles. The van der Waals surface area contributed by atoms with Crippen LogP contribution < -0.4 is 0 Å². The van der Waals surface area contributed by atoms with E-state index in [2.05, 4.69) is 22.0 Å². The normalized spacial score (nSPS) is 9.56. The highest BCUT2D eigenvalue weighted by molar-refractivity contribution is 9.08. The molecule has 0 radical (unpaired) electrons. The molecule has 16 heavy (non-hydrogen) atoms. The fraction of sp³-hybridized carbons (Fsp3) is 0.333. The van der Waals surface area contributed by atoms with Crippen LogP contribution in [0, 0.1) is 11.3 Å². The van der Waals surface area contributed by atoms with Crippen LogP contribution in [0.3, 0.4) is 0 Å². The summed E-state index contributed by atoms with van der Waals surface area (Å²) in [6, 6.07) is 7.57. The Morgan fingerprint density at radius 1 is 1.56 bits per heavy atom. The van der Waals surface area contributed by atoms with Crippen LogP contribution in [0.15, 0.2) is 18.2 Å². The van der Waals surface area contributed by atoms with Gasteiger partial charge in [-0.05, 0) is 23.6 Å². The second-order valence-corrected chi connectivity index (χ2v) is 3.79. The number of hydrogen-bond acceptors (Lipinski definition) is 3. The Balaban J connectivity index is 3.15. The van der Waals surface area contributed by atoms with E-state index in [-0.39, 0.29) is 5.97 Å². The summed E-state index contributed by atoms with van der Waals surface area (Å²) < 4.78 is 4.72. The third kappa shape index (κ3) is 2.83. The number of hydrogen-bond donors (Lipinski definition) is 0. The molecule has 1 aromatic carbocycles. The summed E-state index contributed by atoms with van der Waals surface area (Å²) in [6.07, 6.45) is 0.969. The summed E-state index contributed by atoms with van der Waals surface area (Å²) in [5.41, 5.74) is 2.47. The van der Waals surface area contributed by atoms with Crippen molar-refractivity contribution in [3.8, 4) is 6.07 Å². The van der Waals surface area contributed by atoms with Crippen LogP contribution in [0.2, 0.25) is 0 Å². The number of methoxy groups -OCH3 is 1. The van der Waals surface area contributed by atoms with E-state index in [9.17, 15) is 4.79 Å². The fourth-order valence-corrected chi connectivity index (χ4v) is 2.06. The first-order valence-corrected chi connectivity index (χ1v) is 5.98. The summed E-state index contributed by atoms with van der Waals surface area (Å²) in [6.45, 7) is 0. The van der Waals surface area contributed by atoms with Gasteiger partial charge in [-0.2, -0.15) is 5.26 Å². The van der Waals surface area contributed by atoms with Gasteiger partial charge in [0.1, 0.15) is 0 Å². The Labute approximate surface area is 103 Å². The van der Waals surface area contributed by atoms with E-state index >= 15 is 0 Å². The molecule has 1 aromatic rings. The molecular formula is C12H12BrNO2. The summed E-state index contributed by atoms with van der Waals surface area (Å²) in [5.74, 6) is -0.351. The zero-order valence-corrected chi connectivity index (χ0v) is 10.6. The summed E-state index contributed by atoms with van der Waals surface area (Å²) in [7, 11) is 1.36. The molecule has 0 atom stereocenters. The molecule has 0 fully saturated rings. The maximum atomic E-state index is 11.5. The number of alkyl halides is 1. The number of esters is 1. The smallest absolute Gasteiger partial charge is 0.338 e. The van der Waals surface area contributed by atoms with Gasteiger partial charge in [0.2, 0.25) is 0 Å². The first-order valence-electron chi connectivity index (χ1n) is 4.86. The second-order valence-electron chi connectivity index (χ2n) is 3.23. The van der Waals surface area contributed by atoms with Crippen LogP contribution in [0.1, 0.15) is 27.9 Å². The summed E-state index contributed by atoms with van der Waals surface area (Å²) >= 11 is 3.37. The van der Waals surface area contributed by atoms with E-state index in [4.69, 9.17) is 10.00 Å². The zero-order chi connectivity index (χ0) is 12.0. The minimum atomic E-state index is -0.351. The molecule has 0 heterocycles. The molecule has 0 unspecified atom stereocenters. The summed E-state index contributed by atoms with van der Waals surface area (Å²) in [4.78, 5) is 11.5. The van der Waals surface area contributed by atoms with Gasteiger partial charge in [-0.3, -0.25) is 0 Å². The molecule has 0 aliphatic heterocycles. The van der Waals surface area contributed by atoms with E-state index in [0.717, 1.165) is 11.1 Å². The predicted octanol–water partition coefficient (Wildman–Crippen LogP) is 2.82. The van der Waals surface area contributed by atoms with Crippen LogP contribution >= 0.6 is 15.9 Å². The van der Waals surface area contributed by atoms with Crippen molar-refractivity contribution < 1.29 is 9.53 Å². The number of ether oxygens (including phenoxy) is 1. The van der Waals surface area contributed by atoms with Crippen molar-refractivity contribution in [3.63, 3.8) is 0 Å². The molecule has 0 amide bonds.